The molecule has 0 unspecified atom stereocenters. The Morgan fingerprint density at radius 2 is 1.62 bits per heavy atom. The molecule has 0 aromatic heterocycles. The lowest BCUT2D eigenvalue weighted by Crippen LogP contribution is -2.52. The molecule has 3 aliphatic carbocycles. The Bertz CT molecular complexity index is 853. The second-order valence-electron chi connectivity index (χ2n) is 12.9. The predicted octanol–water partition coefficient (Wildman–Crippen LogP) is 8.49. The summed E-state index contributed by atoms with van der Waals surface area (Å²) in [4.78, 5) is 0. The molecule has 1 saturated carbocycles. The molecule has 0 amide bonds. The van der Waals surface area contributed by atoms with Crippen molar-refractivity contribution in [3.05, 3.63) is 34.9 Å². The maximum atomic E-state index is 6.38. The van der Waals surface area contributed by atoms with Crippen LogP contribution in [0.15, 0.2) is 23.8 Å². The second kappa shape index (κ2) is 10.4. The molecule has 0 N–H and O–H groups in total. The van der Waals surface area contributed by atoms with Crippen LogP contribution in [-0.2, 0) is 9.84 Å². The lowest BCUT2D eigenvalue weighted by Gasteiger charge is -2.59. The van der Waals surface area contributed by atoms with E-state index in [0.29, 0.717) is 17.8 Å². The van der Waals surface area contributed by atoms with E-state index in [2.05, 4.69) is 72.5 Å². The smallest absolute Gasteiger partial charge is 0.184 e. The number of benzene rings is 1. The molecule has 0 heterocycles. The van der Waals surface area contributed by atoms with Crippen LogP contribution in [0.25, 0.3) is 0 Å². The van der Waals surface area contributed by atoms with Crippen molar-refractivity contribution in [2.24, 2.45) is 17.3 Å². The highest BCUT2D eigenvalue weighted by molar-refractivity contribution is 6.69. The second-order valence-corrected chi connectivity index (χ2v) is 17.4. The van der Waals surface area contributed by atoms with Crippen molar-refractivity contribution >= 4 is 8.32 Å². The molecule has 4 rings (SSSR count). The van der Waals surface area contributed by atoms with Crippen LogP contribution in [0.3, 0.4) is 0 Å². The van der Waals surface area contributed by atoms with Crippen molar-refractivity contribution in [3.8, 4) is 11.5 Å². The quantitative estimate of drug-likeness (QED) is 0.168. The minimum Gasteiger partial charge on any atom is -0.496 e. The number of methoxy groups -OCH3 is 2. The van der Waals surface area contributed by atoms with Gasteiger partial charge in [0.25, 0.3) is 0 Å². The van der Waals surface area contributed by atoms with Gasteiger partial charge in [-0.25, -0.2) is 0 Å². The third kappa shape index (κ3) is 5.59. The molecule has 1 aromatic carbocycles. The standard InChI is InChI=1S/C30H50O3Si/c1-11-12-13-14-15-29(2,3)22-17-26(31-6)28(27(18-22)32-7)23-16-21(20-33-34(8,9)10)24-19-25(23)30(24,4)5/h16-18,23-25H,11-15,19-20H2,1-10H3/t23-,24+,25-/m0/s1. The number of unbranched alkanes of at least 4 members (excludes halogenated alkanes) is 3. The molecule has 3 nitrogen and oxygen atoms in total. The van der Waals surface area contributed by atoms with Crippen molar-refractivity contribution in [3.63, 3.8) is 0 Å². The summed E-state index contributed by atoms with van der Waals surface area (Å²) in [6.45, 7) is 19.5. The highest BCUT2D eigenvalue weighted by atomic mass is 28.4. The zero-order valence-electron chi connectivity index (χ0n) is 23.6. The Hall–Kier alpha value is -1.26. The maximum Gasteiger partial charge on any atom is 0.184 e. The first-order chi connectivity index (χ1) is 15.9. The highest BCUT2D eigenvalue weighted by Gasteiger charge is 2.56. The summed E-state index contributed by atoms with van der Waals surface area (Å²) >= 11 is 0. The van der Waals surface area contributed by atoms with Crippen molar-refractivity contribution in [2.75, 3.05) is 20.8 Å². The van der Waals surface area contributed by atoms with E-state index in [1.165, 1.54) is 55.2 Å². The molecule has 0 spiro atoms. The van der Waals surface area contributed by atoms with Crippen LogP contribution in [-0.4, -0.2) is 29.1 Å². The first-order valence-corrected chi connectivity index (χ1v) is 16.9. The summed E-state index contributed by atoms with van der Waals surface area (Å²) in [5.74, 6) is 3.48. The van der Waals surface area contributed by atoms with Crippen LogP contribution in [0.2, 0.25) is 19.6 Å². The van der Waals surface area contributed by atoms with Gasteiger partial charge in [-0.1, -0.05) is 66.4 Å². The van der Waals surface area contributed by atoms with Gasteiger partial charge in [0.05, 0.1) is 20.8 Å². The van der Waals surface area contributed by atoms with Gasteiger partial charge in [0, 0.05) is 11.5 Å². The van der Waals surface area contributed by atoms with E-state index in [1.807, 2.05) is 14.2 Å². The molecule has 4 heteroatoms. The van der Waals surface area contributed by atoms with E-state index in [-0.39, 0.29) is 10.8 Å². The molecule has 3 aliphatic rings. The van der Waals surface area contributed by atoms with Gasteiger partial charge >= 0.3 is 0 Å². The van der Waals surface area contributed by atoms with Crippen LogP contribution in [0.1, 0.15) is 90.2 Å². The Balaban J connectivity index is 1.98. The zero-order chi connectivity index (χ0) is 25.3. The minimum absolute atomic E-state index is 0.0897. The number of hydrogen-bond acceptors (Lipinski definition) is 3. The fraction of sp³-hybridized carbons (Fsp3) is 0.733. The lowest BCUT2D eigenvalue weighted by molar-refractivity contribution is -0.0253. The van der Waals surface area contributed by atoms with E-state index in [9.17, 15) is 0 Å². The van der Waals surface area contributed by atoms with Crippen LogP contribution in [0, 0.1) is 17.3 Å². The van der Waals surface area contributed by atoms with Gasteiger partial charge in [0.2, 0.25) is 0 Å². The van der Waals surface area contributed by atoms with Gasteiger partial charge in [-0.15, -0.1) is 0 Å². The number of hydrogen-bond donors (Lipinski definition) is 0. The van der Waals surface area contributed by atoms with Crippen molar-refractivity contribution in [1.82, 2.24) is 0 Å². The normalized spacial score (nSPS) is 23.8. The van der Waals surface area contributed by atoms with Crippen LogP contribution in [0.5, 0.6) is 11.5 Å². The molecule has 1 fully saturated rings. The Morgan fingerprint density at radius 3 is 2.12 bits per heavy atom. The number of fused-ring (bicyclic) bond motifs is 1. The van der Waals surface area contributed by atoms with Gasteiger partial charge in [0.1, 0.15) is 11.5 Å². The van der Waals surface area contributed by atoms with E-state index >= 15 is 0 Å². The zero-order valence-corrected chi connectivity index (χ0v) is 24.6. The maximum absolute atomic E-state index is 6.38. The van der Waals surface area contributed by atoms with E-state index in [4.69, 9.17) is 13.9 Å². The van der Waals surface area contributed by atoms with Crippen LogP contribution >= 0.6 is 0 Å². The minimum atomic E-state index is -1.57. The van der Waals surface area contributed by atoms with Crippen molar-refractivity contribution < 1.29 is 13.9 Å². The third-order valence-corrected chi connectivity index (χ3v) is 9.61. The van der Waals surface area contributed by atoms with Gasteiger partial charge in [-0.05, 0) is 78.4 Å². The molecule has 3 atom stereocenters. The average molecular weight is 487 g/mol. The molecular formula is C30H50O3Si. The van der Waals surface area contributed by atoms with E-state index in [1.54, 1.807) is 0 Å². The van der Waals surface area contributed by atoms with Crippen LogP contribution in [0.4, 0.5) is 0 Å². The number of rotatable bonds is 12. The van der Waals surface area contributed by atoms with E-state index in [0.717, 1.165) is 18.1 Å². The summed E-state index contributed by atoms with van der Waals surface area (Å²) < 4.78 is 18.5. The molecule has 2 bridgehead atoms. The van der Waals surface area contributed by atoms with Gasteiger partial charge in [0.15, 0.2) is 8.32 Å². The molecule has 34 heavy (non-hydrogen) atoms. The number of ether oxygens (including phenoxy) is 2. The largest absolute Gasteiger partial charge is 0.496 e. The molecule has 0 radical (unpaired) electrons. The molecule has 0 aliphatic heterocycles. The van der Waals surface area contributed by atoms with Gasteiger partial charge in [-0.2, -0.15) is 0 Å². The molecular weight excluding hydrogens is 436 g/mol. The highest BCUT2D eigenvalue weighted by Crippen LogP contribution is 2.65. The topological polar surface area (TPSA) is 27.7 Å². The Labute approximate surface area is 210 Å². The first-order valence-electron chi connectivity index (χ1n) is 13.5. The van der Waals surface area contributed by atoms with Gasteiger partial charge in [-0.3, -0.25) is 0 Å². The first kappa shape index (κ1) is 27.3. The molecule has 0 saturated heterocycles. The SMILES string of the molecule is CCCCCCC(C)(C)c1cc(OC)c([C@H]2C=C(CO[Si](C)(C)C)[C@H]3C[C@@H]2C3(C)C)c(OC)c1. The fourth-order valence-electron chi connectivity index (χ4n) is 6.19. The Morgan fingerprint density at radius 1 is 1.00 bits per heavy atom. The average Bonchev–Trinajstić information content (AvgIpc) is 2.78. The summed E-state index contributed by atoms with van der Waals surface area (Å²) in [6, 6.07) is 4.59. The molecule has 192 valence electrons. The Kier molecular flexibility index (Phi) is 8.35. The lowest BCUT2D eigenvalue weighted by atomic mass is 9.45. The van der Waals surface area contributed by atoms with E-state index < -0.39 is 8.32 Å². The summed E-state index contributed by atoms with van der Waals surface area (Å²) in [7, 11) is 2.05. The van der Waals surface area contributed by atoms with Crippen LogP contribution < -0.4 is 9.47 Å². The van der Waals surface area contributed by atoms with Crippen molar-refractivity contribution in [1.29, 1.82) is 0 Å². The third-order valence-electron chi connectivity index (χ3n) is 8.60. The summed E-state index contributed by atoms with van der Waals surface area (Å²) in [6.07, 6.45) is 10.1. The molecule has 1 aromatic rings. The summed E-state index contributed by atoms with van der Waals surface area (Å²) in [5.41, 5.74) is 4.37. The van der Waals surface area contributed by atoms with Crippen molar-refractivity contribution in [2.45, 2.75) is 104 Å². The predicted molar refractivity (Wildman–Crippen MR) is 147 cm³/mol. The monoisotopic (exact) mass is 486 g/mol. The summed E-state index contributed by atoms with van der Waals surface area (Å²) in [5, 5.41) is 0. The van der Waals surface area contributed by atoms with Gasteiger partial charge < -0.3 is 13.9 Å². The number of allylic oxidation sites excluding steroid dienone is 1. The fourth-order valence-corrected chi connectivity index (χ4v) is 6.79.